The summed E-state index contributed by atoms with van der Waals surface area (Å²) in [4.78, 5) is 36.9. The zero-order valence-electron chi connectivity index (χ0n) is 24.5. The van der Waals surface area contributed by atoms with Gasteiger partial charge in [-0.3, -0.25) is 14.9 Å². The van der Waals surface area contributed by atoms with Crippen molar-refractivity contribution in [2.24, 2.45) is 0 Å². The second kappa shape index (κ2) is 14.3. The number of halogens is 1. The third kappa shape index (κ3) is 8.57. The Morgan fingerprint density at radius 2 is 1.74 bits per heavy atom. The molecule has 8 nitrogen and oxygen atoms in total. The van der Waals surface area contributed by atoms with Crippen LogP contribution in [0.25, 0.3) is 11.1 Å². The number of aldehydes is 1. The zero-order chi connectivity index (χ0) is 30.1. The van der Waals surface area contributed by atoms with Crippen molar-refractivity contribution in [1.29, 1.82) is 0 Å². The summed E-state index contributed by atoms with van der Waals surface area (Å²) in [5.41, 5.74) is 4.27. The van der Waals surface area contributed by atoms with Crippen LogP contribution >= 0.6 is 11.6 Å². The molecular weight excluding hydrogens is 554 g/mol. The van der Waals surface area contributed by atoms with Crippen LogP contribution in [0.3, 0.4) is 0 Å². The van der Waals surface area contributed by atoms with Gasteiger partial charge in [-0.15, -0.1) is 0 Å². The molecule has 0 aliphatic carbocycles. The van der Waals surface area contributed by atoms with Gasteiger partial charge in [-0.05, 0) is 43.0 Å². The van der Waals surface area contributed by atoms with E-state index < -0.39 is 6.09 Å². The van der Waals surface area contributed by atoms with E-state index in [1.54, 1.807) is 6.07 Å². The lowest BCUT2D eigenvalue weighted by molar-refractivity contribution is -0.896. The first kappa shape index (κ1) is 31.1. The number of carbonyl (C=O) groups is 3. The number of nitrogens with zero attached hydrogens (tertiary/aromatic N) is 1. The number of benzene rings is 3. The topological polar surface area (TPSA) is 93.7 Å². The Morgan fingerprint density at radius 1 is 1.00 bits per heavy atom. The first-order valence-electron chi connectivity index (χ1n) is 14.4. The van der Waals surface area contributed by atoms with Crippen LogP contribution < -0.4 is 15.4 Å². The molecule has 1 aliphatic heterocycles. The monoisotopic (exact) mass is 592 g/mol. The minimum Gasteiger partial charge on any atom is -0.493 e. The van der Waals surface area contributed by atoms with Crippen molar-refractivity contribution in [3.8, 4) is 16.9 Å². The Balaban J connectivity index is 1.40. The van der Waals surface area contributed by atoms with Gasteiger partial charge in [0.25, 0.3) is 0 Å². The number of hydrogen-bond donors (Lipinski definition) is 2. The van der Waals surface area contributed by atoms with Crippen LogP contribution in [0.4, 0.5) is 16.2 Å². The number of rotatable bonds is 11. The maximum absolute atomic E-state index is 12.9. The van der Waals surface area contributed by atoms with Crippen LogP contribution in [0.5, 0.6) is 5.75 Å². The number of likely N-dealkylation sites (tertiary alicyclic amines) is 1. The molecule has 0 aromatic heterocycles. The van der Waals surface area contributed by atoms with E-state index in [9.17, 15) is 14.4 Å². The van der Waals surface area contributed by atoms with E-state index in [0.717, 1.165) is 47.1 Å². The molecule has 0 atom stereocenters. The van der Waals surface area contributed by atoms with Crippen LogP contribution in [-0.4, -0.2) is 62.7 Å². The molecule has 1 saturated heterocycles. The smallest absolute Gasteiger partial charge is 0.411 e. The minimum atomic E-state index is -0.454. The molecule has 0 unspecified atom stereocenters. The molecule has 1 fully saturated rings. The average Bonchev–Trinajstić information content (AvgIpc) is 2.96. The summed E-state index contributed by atoms with van der Waals surface area (Å²) >= 11 is 6.28. The van der Waals surface area contributed by atoms with Crippen molar-refractivity contribution in [3.05, 3.63) is 76.8 Å². The maximum atomic E-state index is 12.9. The van der Waals surface area contributed by atoms with Crippen LogP contribution in [0.15, 0.2) is 60.7 Å². The molecule has 2 amide bonds. The van der Waals surface area contributed by atoms with E-state index in [1.165, 1.54) is 6.07 Å². The van der Waals surface area contributed by atoms with Gasteiger partial charge in [-0.25, -0.2) is 4.79 Å². The number of carbonyl (C=O) groups excluding carboxylic acids is 3. The molecule has 42 heavy (non-hydrogen) atoms. The number of hydrogen-bond acceptors (Lipinski definition) is 5. The van der Waals surface area contributed by atoms with Gasteiger partial charge in [0.15, 0.2) is 6.29 Å². The fourth-order valence-electron chi connectivity index (χ4n) is 5.07. The van der Waals surface area contributed by atoms with Crippen LogP contribution in [-0.2, 0) is 16.0 Å². The van der Waals surface area contributed by atoms with Gasteiger partial charge in [0.05, 0.1) is 55.8 Å². The molecule has 222 valence electrons. The molecule has 9 heteroatoms. The van der Waals surface area contributed by atoms with Crippen molar-refractivity contribution < 1.29 is 28.3 Å². The SMILES string of the molecule is CCOc1cc(NC(=O)CCCc2ccc(-c3ccccc3)c(NC(=O)OC3CC[N+](C)(C)CC3)c2)c(Cl)cc1C=O. The molecule has 3 aromatic carbocycles. The normalized spacial score (nSPS) is 14.6. The van der Waals surface area contributed by atoms with Gasteiger partial charge in [0.1, 0.15) is 11.9 Å². The Labute approximate surface area is 252 Å². The lowest BCUT2D eigenvalue weighted by atomic mass is 9.99. The molecule has 0 bridgehead atoms. The van der Waals surface area contributed by atoms with Crippen LogP contribution in [0.2, 0.25) is 5.02 Å². The predicted octanol–water partition coefficient (Wildman–Crippen LogP) is 6.97. The number of amides is 2. The van der Waals surface area contributed by atoms with Gasteiger partial charge in [-0.1, -0.05) is 54.1 Å². The summed E-state index contributed by atoms with van der Waals surface area (Å²) < 4.78 is 12.2. The number of aryl methyl sites for hydroxylation is 1. The number of quaternary nitrogens is 1. The lowest BCUT2D eigenvalue weighted by Gasteiger charge is -2.36. The summed E-state index contributed by atoms with van der Waals surface area (Å²) in [5.74, 6) is 0.172. The molecule has 4 rings (SSSR count). The fraction of sp³-hybridized carbons (Fsp3) is 0.364. The molecule has 2 N–H and O–H groups in total. The molecule has 1 aliphatic rings. The summed E-state index contributed by atoms with van der Waals surface area (Å²) in [7, 11) is 4.38. The Kier molecular flexibility index (Phi) is 10.6. The van der Waals surface area contributed by atoms with Gasteiger partial charge in [-0.2, -0.15) is 0 Å². The minimum absolute atomic E-state index is 0.0919. The van der Waals surface area contributed by atoms with Crippen LogP contribution in [0.1, 0.15) is 48.5 Å². The Morgan fingerprint density at radius 3 is 2.43 bits per heavy atom. The molecule has 0 radical (unpaired) electrons. The highest BCUT2D eigenvalue weighted by atomic mass is 35.5. The zero-order valence-corrected chi connectivity index (χ0v) is 25.2. The van der Waals surface area contributed by atoms with E-state index in [-0.39, 0.29) is 23.5 Å². The largest absolute Gasteiger partial charge is 0.493 e. The fourth-order valence-corrected chi connectivity index (χ4v) is 5.29. The Bertz CT molecular complexity index is 1400. The second-order valence-electron chi connectivity index (χ2n) is 11.2. The molecule has 1 heterocycles. The molecule has 3 aromatic rings. The third-order valence-corrected chi connectivity index (χ3v) is 7.77. The quantitative estimate of drug-likeness (QED) is 0.185. The van der Waals surface area contributed by atoms with Crippen molar-refractivity contribution in [2.45, 2.75) is 45.1 Å². The van der Waals surface area contributed by atoms with Crippen molar-refractivity contribution in [3.63, 3.8) is 0 Å². The van der Waals surface area contributed by atoms with Gasteiger partial charge >= 0.3 is 6.09 Å². The average molecular weight is 593 g/mol. The highest BCUT2D eigenvalue weighted by molar-refractivity contribution is 6.34. The second-order valence-corrected chi connectivity index (χ2v) is 11.6. The number of piperidine rings is 1. The Hall–Kier alpha value is -3.88. The maximum Gasteiger partial charge on any atom is 0.411 e. The third-order valence-electron chi connectivity index (χ3n) is 7.46. The van der Waals surface area contributed by atoms with Crippen molar-refractivity contribution in [1.82, 2.24) is 0 Å². The summed E-state index contributed by atoms with van der Waals surface area (Å²) in [5, 5.41) is 6.07. The summed E-state index contributed by atoms with van der Waals surface area (Å²) in [6, 6.07) is 18.9. The van der Waals surface area contributed by atoms with Gasteiger partial charge in [0.2, 0.25) is 5.91 Å². The summed E-state index contributed by atoms with van der Waals surface area (Å²) in [6.45, 7) is 4.14. The van der Waals surface area contributed by atoms with E-state index in [4.69, 9.17) is 21.1 Å². The number of nitrogens with one attached hydrogen (secondary N) is 2. The highest BCUT2D eigenvalue weighted by Crippen LogP contribution is 2.32. The summed E-state index contributed by atoms with van der Waals surface area (Å²) in [6.07, 6.45) is 3.28. The van der Waals surface area contributed by atoms with E-state index in [0.29, 0.717) is 48.4 Å². The lowest BCUT2D eigenvalue weighted by Crippen LogP contribution is -2.48. The first-order valence-corrected chi connectivity index (χ1v) is 14.7. The highest BCUT2D eigenvalue weighted by Gasteiger charge is 2.28. The molecular formula is C33H39ClN3O5+. The van der Waals surface area contributed by atoms with Crippen molar-refractivity contribution in [2.75, 3.05) is 44.4 Å². The van der Waals surface area contributed by atoms with E-state index in [2.05, 4.69) is 24.7 Å². The van der Waals surface area contributed by atoms with Crippen molar-refractivity contribution >= 4 is 41.3 Å². The first-order chi connectivity index (χ1) is 20.2. The number of ether oxygens (including phenoxy) is 2. The van der Waals surface area contributed by atoms with Crippen LogP contribution in [0, 0.1) is 0 Å². The van der Waals surface area contributed by atoms with E-state index >= 15 is 0 Å². The van der Waals surface area contributed by atoms with Gasteiger partial charge < -0.3 is 19.3 Å². The standard InChI is InChI=1S/C33H38ClN3O5/c1-4-41-31-21-30(28(34)20-25(31)22-38)35-32(39)12-8-9-23-13-14-27(24-10-6-5-7-11-24)29(19-23)36-33(40)42-26-15-17-37(2,3)18-16-26/h5-7,10-11,13-14,19-22,26H,4,8-9,12,15-18H2,1-3H3,(H-,35,36,38,39,40)/p+1. The van der Waals surface area contributed by atoms with E-state index in [1.807, 2.05) is 55.5 Å². The molecule has 0 spiro atoms. The predicted molar refractivity (Wildman–Crippen MR) is 166 cm³/mol. The number of anilines is 2. The van der Waals surface area contributed by atoms with Gasteiger partial charge in [0, 0.05) is 30.9 Å². The molecule has 0 saturated carbocycles.